The lowest BCUT2D eigenvalue weighted by Gasteiger charge is -2.40. The van der Waals surface area contributed by atoms with Gasteiger partial charge in [-0.15, -0.1) is 0 Å². The predicted octanol–water partition coefficient (Wildman–Crippen LogP) is 16.5. The molecule has 1 aliphatic heterocycles. The van der Waals surface area contributed by atoms with Crippen LogP contribution in [-0.4, -0.2) is 89.2 Å². The van der Waals surface area contributed by atoms with Crippen molar-refractivity contribution in [3.63, 3.8) is 0 Å². The first-order chi connectivity index (χ1) is 38.6. The molecule has 79 heavy (non-hydrogen) atoms. The Hall–Kier alpha value is -4.36. The van der Waals surface area contributed by atoms with E-state index in [1.54, 1.807) is 0 Å². The number of aliphatic carboxylic acids is 1. The molecule has 0 aromatic carbocycles. The van der Waals surface area contributed by atoms with Crippen molar-refractivity contribution in [3.05, 3.63) is 97.2 Å². The molecule has 0 bridgehead atoms. The second-order valence-corrected chi connectivity index (χ2v) is 20.9. The van der Waals surface area contributed by atoms with Crippen molar-refractivity contribution in [3.8, 4) is 0 Å². The number of allylic oxidation sites excluding steroid dienone is 16. The van der Waals surface area contributed by atoms with Crippen molar-refractivity contribution in [2.75, 3.05) is 13.2 Å². The highest BCUT2D eigenvalue weighted by molar-refractivity contribution is 5.74. The molecule has 12 nitrogen and oxygen atoms in total. The maximum atomic E-state index is 13.2. The number of rotatable bonds is 52. The van der Waals surface area contributed by atoms with Crippen LogP contribution in [0.4, 0.5) is 0 Å². The number of unbranched alkanes of at least 4 members (excludes halogenated alkanes) is 22. The normalized spacial score (nSPS) is 18.5. The van der Waals surface area contributed by atoms with Crippen molar-refractivity contribution >= 4 is 23.9 Å². The van der Waals surface area contributed by atoms with Gasteiger partial charge in [-0.05, 0) is 103 Å². The molecule has 0 amide bonds. The molecule has 1 fully saturated rings. The zero-order valence-electron chi connectivity index (χ0n) is 49.6. The van der Waals surface area contributed by atoms with Crippen molar-refractivity contribution in [1.82, 2.24) is 0 Å². The van der Waals surface area contributed by atoms with E-state index in [-0.39, 0.29) is 25.9 Å². The molecule has 1 heterocycles. The van der Waals surface area contributed by atoms with Crippen LogP contribution in [0, 0.1) is 0 Å². The van der Waals surface area contributed by atoms with Crippen LogP contribution >= 0.6 is 0 Å². The summed E-state index contributed by atoms with van der Waals surface area (Å²) in [6, 6.07) is 0. The van der Waals surface area contributed by atoms with Crippen molar-refractivity contribution in [2.24, 2.45) is 0 Å². The third-order valence-corrected chi connectivity index (χ3v) is 13.6. The Morgan fingerprint density at radius 3 is 1.30 bits per heavy atom. The summed E-state index contributed by atoms with van der Waals surface area (Å²) in [5, 5.41) is 31.5. The Labute approximate surface area is 479 Å². The van der Waals surface area contributed by atoms with Gasteiger partial charge in [0.05, 0.1) is 6.61 Å². The SMILES string of the molecule is CC/C=C\C/C=C\C/C=C\C/C=C\C/C=C\C/C=C\CCC(=O)OCC(COC1OC(C(=O)O)C(O)C(O)C1OC(=O)CCCCCCC/C=C\CCCC)OC(=O)CCCCCCCCCCC/C=C\CCCCCCCC. The second-order valence-electron chi connectivity index (χ2n) is 20.9. The molecule has 0 aromatic rings. The molecule has 6 atom stereocenters. The van der Waals surface area contributed by atoms with Gasteiger partial charge in [-0.3, -0.25) is 14.4 Å². The summed E-state index contributed by atoms with van der Waals surface area (Å²) in [4.78, 5) is 51.1. The van der Waals surface area contributed by atoms with E-state index in [2.05, 4.69) is 106 Å². The van der Waals surface area contributed by atoms with E-state index in [1.807, 2.05) is 12.2 Å². The summed E-state index contributed by atoms with van der Waals surface area (Å²) in [5.41, 5.74) is 0. The van der Waals surface area contributed by atoms with Crippen LogP contribution in [0.25, 0.3) is 0 Å². The summed E-state index contributed by atoms with van der Waals surface area (Å²) in [5.74, 6) is -3.25. The zero-order valence-corrected chi connectivity index (χ0v) is 49.6. The largest absolute Gasteiger partial charge is 0.479 e. The highest BCUT2D eigenvalue weighted by Crippen LogP contribution is 2.26. The van der Waals surface area contributed by atoms with Gasteiger partial charge in [-0.25, -0.2) is 4.79 Å². The number of carboxylic acid groups (broad SMARTS) is 1. The number of aliphatic hydroxyl groups excluding tert-OH is 2. The average Bonchev–Trinajstić information content (AvgIpc) is 3.47. The minimum atomic E-state index is -1.92. The summed E-state index contributed by atoms with van der Waals surface area (Å²) < 4.78 is 28.4. The molecule has 0 aliphatic carbocycles. The maximum absolute atomic E-state index is 13.2. The first-order valence-electron chi connectivity index (χ1n) is 31.2. The lowest BCUT2D eigenvalue weighted by molar-refractivity contribution is -0.301. The van der Waals surface area contributed by atoms with E-state index in [1.165, 1.54) is 83.5 Å². The smallest absolute Gasteiger partial charge is 0.335 e. The van der Waals surface area contributed by atoms with E-state index < -0.39 is 67.3 Å². The third kappa shape index (κ3) is 44.0. The van der Waals surface area contributed by atoms with E-state index >= 15 is 0 Å². The van der Waals surface area contributed by atoms with Crippen LogP contribution in [-0.2, 0) is 42.9 Å². The Bertz CT molecular complexity index is 1740. The fourth-order valence-corrected chi connectivity index (χ4v) is 8.84. The Kier molecular flexibility index (Phi) is 49.9. The monoisotopic (exact) mass is 1110 g/mol. The molecule has 0 radical (unpaired) electrons. The van der Waals surface area contributed by atoms with E-state index in [4.69, 9.17) is 23.7 Å². The number of hydrogen-bond acceptors (Lipinski definition) is 11. The van der Waals surface area contributed by atoms with Gasteiger partial charge in [0.2, 0.25) is 0 Å². The Morgan fingerprint density at radius 1 is 0.430 bits per heavy atom. The third-order valence-electron chi connectivity index (χ3n) is 13.6. The van der Waals surface area contributed by atoms with Gasteiger partial charge < -0.3 is 39.0 Å². The van der Waals surface area contributed by atoms with Gasteiger partial charge >= 0.3 is 23.9 Å². The number of hydrogen-bond donors (Lipinski definition) is 3. The summed E-state index contributed by atoms with van der Waals surface area (Å²) in [6.07, 6.45) is 59.7. The van der Waals surface area contributed by atoms with E-state index in [0.717, 1.165) is 109 Å². The standard InChI is InChI=1S/C67H110O12/c1-4-7-10-13-16-19-22-24-26-28-30-32-34-36-39-41-44-47-50-53-59(68)75-56-58(77-60(69)54-51-48-45-43-40-37-35-33-31-29-27-25-23-20-17-14-11-8-5-2)57-76-67-65(63(72)62(71)64(79-67)66(73)74)78-61(70)55-52-49-46-42-38-21-18-15-12-9-6-3/h7,10,15-16,18-19,24-27,30,32,36,39,44,47,58,62-65,67,71-72H,4-6,8-9,11-14,17,20-23,28-29,31,33-35,37-38,40-43,45-46,48-57H2,1-3H3,(H,73,74)/b10-7-,18-15-,19-16-,26-24-,27-25-,32-30-,39-36-,47-44-. The fourth-order valence-electron chi connectivity index (χ4n) is 8.84. The van der Waals surface area contributed by atoms with Crippen LogP contribution < -0.4 is 0 Å². The minimum Gasteiger partial charge on any atom is -0.479 e. The zero-order chi connectivity index (χ0) is 57.5. The molecule has 450 valence electrons. The van der Waals surface area contributed by atoms with E-state index in [9.17, 15) is 34.5 Å². The van der Waals surface area contributed by atoms with Gasteiger partial charge in [-0.2, -0.15) is 0 Å². The number of ether oxygens (including phenoxy) is 5. The average molecular weight is 1110 g/mol. The summed E-state index contributed by atoms with van der Waals surface area (Å²) in [6.45, 7) is 5.77. The van der Waals surface area contributed by atoms with Gasteiger partial charge in [0.1, 0.15) is 18.8 Å². The first-order valence-corrected chi connectivity index (χ1v) is 31.2. The van der Waals surface area contributed by atoms with Gasteiger partial charge in [0.25, 0.3) is 0 Å². The highest BCUT2D eigenvalue weighted by atomic mass is 16.7. The van der Waals surface area contributed by atoms with Crippen molar-refractivity contribution in [2.45, 2.75) is 289 Å². The number of carbonyl (C=O) groups excluding carboxylic acids is 3. The molecule has 3 N–H and O–H groups in total. The molecule has 6 unspecified atom stereocenters. The molecule has 0 saturated carbocycles. The molecular weight excluding hydrogens is 997 g/mol. The molecule has 0 aromatic heterocycles. The number of carboxylic acids is 1. The van der Waals surface area contributed by atoms with Crippen LogP contribution in [0.1, 0.15) is 252 Å². The van der Waals surface area contributed by atoms with E-state index in [0.29, 0.717) is 19.3 Å². The highest BCUT2D eigenvalue weighted by Gasteiger charge is 2.50. The fraction of sp³-hybridized carbons (Fsp3) is 0.701. The molecular formula is C67H110O12. The van der Waals surface area contributed by atoms with Crippen LogP contribution in [0.3, 0.4) is 0 Å². The molecule has 1 aliphatic rings. The number of carbonyl (C=O) groups is 4. The molecule has 1 saturated heterocycles. The van der Waals surface area contributed by atoms with Crippen LogP contribution in [0.2, 0.25) is 0 Å². The lowest BCUT2D eigenvalue weighted by Crippen LogP contribution is -2.61. The number of esters is 3. The van der Waals surface area contributed by atoms with Gasteiger partial charge in [0.15, 0.2) is 24.6 Å². The molecule has 1 rings (SSSR count). The second kappa shape index (κ2) is 54.2. The lowest BCUT2D eigenvalue weighted by atomic mass is 9.98. The Morgan fingerprint density at radius 2 is 0.835 bits per heavy atom. The summed E-state index contributed by atoms with van der Waals surface area (Å²) in [7, 11) is 0. The Balaban J connectivity index is 2.71. The number of aliphatic hydroxyl groups is 2. The predicted molar refractivity (Wildman–Crippen MR) is 321 cm³/mol. The van der Waals surface area contributed by atoms with Crippen LogP contribution in [0.5, 0.6) is 0 Å². The topological polar surface area (TPSA) is 175 Å². The van der Waals surface area contributed by atoms with Gasteiger partial charge in [0, 0.05) is 19.3 Å². The van der Waals surface area contributed by atoms with Crippen LogP contribution in [0.15, 0.2) is 97.2 Å². The maximum Gasteiger partial charge on any atom is 0.335 e. The first kappa shape index (κ1) is 72.7. The van der Waals surface area contributed by atoms with Crippen molar-refractivity contribution in [1.29, 1.82) is 0 Å². The molecule has 12 heteroatoms. The quantitative estimate of drug-likeness (QED) is 0.0228. The van der Waals surface area contributed by atoms with Gasteiger partial charge in [-0.1, -0.05) is 227 Å². The van der Waals surface area contributed by atoms with Crippen molar-refractivity contribution < 1.29 is 58.2 Å². The summed E-state index contributed by atoms with van der Waals surface area (Å²) >= 11 is 0. The molecule has 0 spiro atoms. The minimum absolute atomic E-state index is 0.0392.